The molecule has 1 rings (SSSR count). The fourth-order valence-corrected chi connectivity index (χ4v) is 1.28. The van der Waals surface area contributed by atoms with Crippen molar-refractivity contribution >= 4 is 12.4 Å². The maximum Gasteiger partial charge on any atom is 0.168 e. The number of phenols is 1. The highest BCUT2D eigenvalue weighted by Crippen LogP contribution is 2.31. The minimum Gasteiger partial charge on any atom is -0.504 e. The quantitative estimate of drug-likeness (QED) is 0.784. The summed E-state index contributed by atoms with van der Waals surface area (Å²) in [6.07, 6.45) is 4.05. The molecule has 0 fully saturated rings. The molecule has 1 aromatic carbocycles. The summed E-state index contributed by atoms with van der Waals surface area (Å²) in [6, 6.07) is 5.16. The fraction of sp³-hybridized carbons (Fsp3) is 0.167. The van der Waals surface area contributed by atoms with Crippen LogP contribution < -0.4 is 4.74 Å². The van der Waals surface area contributed by atoms with Gasteiger partial charge in [-0.3, -0.25) is 4.79 Å². The van der Waals surface area contributed by atoms with Gasteiger partial charge in [-0.2, -0.15) is 5.26 Å². The van der Waals surface area contributed by atoms with Gasteiger partial charge in [-0.25, -0.2) is 0 Å². The molecule has 1 N–H and O–H groups in total. The molecular weight excluding hydrogens is 206 g/mol. The standard InChI is InChI=1S/C12H11NO3/c1-16-11-6-5-9(4-2-3-7-13)10(8-14)12(11)15/h2,4-6,8,15H,3H2,1H3. The lowest BCUT2D eigenvalue weighted by Gasteiger charge is -2.07. The van der Waals surface area contributed by atoms with Gasteiger partial charge in [-0.15, -0.1) is 0 Å². The molecule has 0 aromatic heterocycles. The van der Waals surface area contributed by atoms with Crippen LogP contribution in [-0.4, -0.2) is 18.5 Å². The van der Waals surface area contributed by atoms with Crippen molar-refractivity contribution in [2.45, 2.75) is 6.42 Å². The van der Waals surface area contributed by atoms with Crippen LogP contribution in [0.3, 0.4) is 0 Å². The maximum atomic E-state index is 10.8. The Morgan fingerprint density at radius 2 is 2.31 bits per heavy atom. The number of phenolic OH excluding ortho intramolecular Hbond substituents is 1. The second kappa shape index (κ2) is 5.56. The van der Waals surface area contributed by atoms with Gasteiger partial charge in [0, 0.05) is 0 Å². The van der Waals surface area contributed by atoms with E-state index in [1.54, 1.807) is 24.3 Å². The first-order chi connectivity index (χ1) is 7.74. The van der Waals surface area contributed by atoms with Crippen LogP contribution in [0.2, 0.25) is 0 Å². The third-order valence-electron chi connectivity index (χ3n) is 2.06. The number of carbonyl (C=O) groups is 1. The van der Waals surface area contributed by atoms with E-state index in [0.717, 1.165) is 0 Å². The molecule has 0 spiro atoms. The number of benzene rings is 1. The molecule has 0 saturated carbocycles. The number of nitriles is 1. The number of nitrogens with zero attached hydrogens (tertiary/aromatic N) is 1. The number of carbonyl (C=O) groups excluding carboxylic acids is 1. The van der Waals surface area contributed by atoms with E-state index in [1.807, 2.05) is 6.07 Å². The topological polar surface area (TPSA) is 70.3 Å². The van der Waals surface area contributed by atoms with E-state index in [1.165, 1.54) is 7.11 Å². The van der Waals surface area contributed by atoms with Crippen LogP contribution in [0.1, 0.15) is 22.3 Å². The molecule has 0 aliphatic carbocycles. The monoisotopic (exact) mass is 217 g/mol. The molecular formula is C12H11NO3. The van der Waals surface area contributed by atoms with Gasteiger partial charge in [0.25, 0.3) is 0 Å². The van der Waals surface area contributed by atoms with Crippen LogP contribution in [0.15, 0.2) is 18.2 Å². The van der Waals surface area contributed by atoms with Gasteiger partial charge in [-0.05, 0) is 11.6 Å². The van der Waals surface area contributed by atoms with E-state index in [9.17, 15) is 9.90 Å². The normalized spacial score (nSPS) is 10.0. The summed E-state index contributed by atoms with van der Waals surface area (Å²) in [7, 11) is 1.41. The predicted octanol–water partition coefficient (Wildman–Crippen LogP) is 2.14. The second-order valence-electron chi connectivity index (χ2n) is 3.00. The van der Waals surface area contributed by atoms with Gasteiger partial charge in [0.15, 0.2) is 17.8 Å². The summed E-state index contributed by atoms with van der Waals surface area (Å²) in [5, 5.41) is 18.0. The van der Waals surface area contributed by atoms with E-state index in [-0.39, 0.29) is 23.5 Å². The molecule has 0 radical (unpaired) electrons. The summed E-state index contributed by atoms with van der Waals surface area (Å²) in [4.78, 5) is 10.8. The van der Waals surface area contributed by atoms with Crippen molar-refractivity contribution in [2.75, 3.05) is 7.11 Å². The largest absolute Gasteiger partial charge is 0.504 e. The van der Waals surface area contributed by atoms with Crippen LogP contribution >= 0.6 is 0 Å². The Morgan fingerprint density at radius 3 is 2.88 bits per heavy atom. The number of rotatable bonds is 4. The third kappa shape index (κ3) is 2.39. The third-order valence-corrected chi connectivity index (χ3v) is 2.06. The van der Waals surface area contributed by atoms with Gasteiger partial charge in [0.2, 0.25) is 0 Å². The van der Waals surface area contributed by atoms with E-state index in [4.69, 9.17) is 10.00 Å². The van der Waals surface area contributed by atoms with Crippen molar-refractivity contribution in [3.63, 3.8) is 0 Å². The van der Waals surface area contributed by atoms with Gasteiger partial charge in [0.05, 0.1) is 25.2 Å². The lowest BCUT2D eigenvalue weighted by atomic mass is 10.1. The van der Waals surface area contributed by atoms with Gasteiger partial charge in [-0.1, -0.05) is 18.2 Å². The molecule has 0 aliphatic heterocycles. The van der Waals surface area contributed by atoms with Crippen LogP contribution in [0.25, 0.3) is 6.08 Å². The summed E-state index contributed by atoms with van der Waals surface area (Å²) in [5.41, 5.74) is 0.720. The zero-order valence-electron chi connectivity index (χ0n) is 8.80. The lowest BCUT2D eigenvalue weighted by Crippen LogP contribution is -1.91. The predicted molar refractivity (Wildman–Crippen MR) is 59.3 cm³/mol. The van der Waals surface area contributed by atoms with E-state index in [0.29, 0.717) is 11.8 Å². The Morgan fingerprint density at radius 1 is 1.56 bits per heavy atom. The van der Waals surface area contributed by atoms with Gasteiger partial charge in [0.1, 0.15) is 0 Å². The van der Waals surface area contributed by atoms with Crippen molar-refractivity contribution in [1.82, 2.24) is 0 Å². The molecule has 0 bridgehead atoms. The first-order valence-electron chi connectivity index (χ1n) is 4.63. The van der Waals surface area contributed by atoms with Crippen LogP contribution in [0, 0.1) is 11.3 Å². The number of methoxy groups -OCH3 is 1. The number of hydrogen-bond acceptors (Lipinski definition) is 4. The molecule has 0 heterocycles. The Kier molecular flexibility index (Phi) is 4.10. The van der Waals surface area contributed by atoms with Crippen molar-refractivity contribution in [3.05, 3.63) is 29.3 Å². The fourth-order valence-electron chi connectivity index (χ4n) is 1.28. The number of hydrogen-bond donors (Lipinski definition) is 1. The maximum absolute atomic E-state index is 10.8. The van der Waals surface area contributed by atoms with Gasteiger partial charge < -0.3 is 9.84 Å². The molecule has 4 nitrogen and oxygen atoms in total. The lowest BCUT2D eigenvalue weighted by molar-refractivity contribution is 0.112. The highest BCUT2D eigenvalue weighted by atomic mass is 16.5. The first kappa shape index (κ1) is 11.8. The summed E-state index contributed by atoms with van der Waals surface area (Å²) in [6.45, 7) is 0. The highest BCUT2D eigenvalue weighted by molar-refractivity contribution is 5.87. The van der Waals surface area contributed by atoms with Crippen molar-refractivity contribution in [3.8, 4) is 17.6 Å². The molecule has 82 valence electrons. The summed E-state index contributed by atoms with van der Waals surface area (Å²) < 4.78 is 4.88. The molecule has 0 aliphatic rings. The first-order valence-corrected chi connectivity index (χ1v) is 4.63. The second-order valence-corrected chi connectivity index (χ2v) is 3.00. The van der Waals surface area contributed by atoms with Crippen LogP contribution in [0.4, 0.5) is 0 Å². The average Bonchev–Trinajstić information content (AvgIpc) is 2.30. The van der Waals surface area contributed by atoms with Crippen molar-refractivity contribution in [2.24, 2.45) is 0 Å². The molecule has 1 aromatic rings. The Labute approximate surface area is 93.4 Å². The summed E-state index contributed by atoms with van der Waals surface area (Å²) >= 11 is 0. The number of ether oxygens (including phenoxy) is 1. The number of aromatic hydroxyl groups is 1. The molecule has 0 unspecified atom stereocenters. The Balaban J connectivity index is 3.16. The van der Waals surface area contributed by atoms with Crippen molar-refractivity contribution < 1.29 is 14.6 Å². The molecule has 4 heteroatoms. The number of aldehydes is 1. The Bertz CT molecular complexity index is 458. The smallest absolute Gasteiger partial charge is 0.168 e. The van der Waals surface area contributed by atoms with Gasteiger partial charge >= 0.3 is 0 Å². The van der Waals surface area contributed by atoms with Crippen LogP contribution in [-0.2, 0) is 0 Å². The van der Waals surface area contributed by atoms with E-state index >= 15 is 0 Å². The highest BCUT2D eigenvalue weighted by Gasteiger charge is 2.10. The Hall–Kier alpha value is -2.28. The molecule has 16 heavy (non-hydrogen) atoms. The number of allylic oxidation sites excluding steroid dienone is 1. The summed E-state index contributed by atoms with van der Waals surface area (Å²) in [5.74, 6) is 0.0659. The average molecular weight is 217 g/mol. The van der Waals surface area contributed by atoms with E-state index in [2.05, 4.69) is 0 Å². The SMILES string of the molecule is COc1ccc(C=CCC#N)c(C=O)c1O. The zero-order chi connectivity index (χ0) is 12.0. The van der Waals surface area contributed by atoms with E-state index < -0.39 is 0 Å². The molecule has 0 atom stereocenters. The minimum absolute atomic E-state index is 0.161. The molecule has 0 amide bonds. The molecule has 0 saturated heterocycles. The van der Waals surface area contributed by atoms with Crippen LogP contribution in [0.5, 0.6) is 11.5 Å². The minimum atomic E-state index is -0.184. The van der Waals surface area contributed by atoms with Crippen molar-refractivity contribution in [1.29, 1.82) is 5.26 Å². The zero-order valence-corrected chi connectivity index (χ0v) is 8.80.